The zero-order valence-electron chi connectivity index (χ0n) is 10.2. The molecule has 1 aromatic carbocycles. The Morgan fingerprint density at radius 1 is 1.37 bits per heavy atom. The molecule has 0 saturated heterocycles. The predicted molar refractivity (Wildman–Crippen MR) is 89.1 cm³/mol. The molecule has 2 aromatic rings. The summed E-state index contributed by atoms with van der Waals surface area (Å²) in [5, 5.41) is 2.18. The van der Waals surface area contributed by atoms with E-state index in [0.717, 1.165) is 29.5 Å². The summed E-state index contributed by atoms with van der Waals surface area (Å²) in [4.78, 5) is 4.34. The summed E-state index contributed by atoms with van der Waals surface area (Å²) >= 11 is 10.4. The van der Waals surface area contributed by atoms with Gasteiger partial charge in [0.2, 0.25) is 0 Å². The van der Waals surface area contributed by atoms with Crippen LogP contribution in [0.2, 0.25) is 0 Å². The molecule has 2 nitrogen and oxygen atoms in total. The van der Waals surface area contributed by atoms with Gasteiger partial charge in [-0.3, -0.25) is 0 Å². The van der Waals surface area contributed by atoms with Crippen LogP contribution in [0.5, 0.6) is 0 Å². The van der Waals surface area contributed by atoms with Crippen LogP contribution in [0.1, 0.15) is 16.0 Å². The van der Waals surface area contributed by atoms with E-state index in [4.69, 9.17) is 18.0 Å². The van der Waals surface area contributed by atoms with Crippen LogP contribution in [0.25, 0.3) is 0 Å². The third-order valence-electron chi connectivity index (χ3n) is 3.39. The number of thiophene rings is 1. The number of anilines is 1. The van der Waals surface area contributed by atoms with Crippen molar-refractivity contribution in [3.05, 3.63) is 50.1 Å². The first-order valence-electron chi connectivity index (χ1n) is 6.04. The number of fused-ring (bicyclic) bond motifs is 1. The lowest BCUT2D eigenvalue weighted by molar-refractivity contribution is 0.743. The van der Waals surface area contributed by atoms with Crippen molar-refractivity contribution in [1.82, 2.24) is 0 Å². The predicted octanol–water partition coefficient (Wildman–Crippen LogP) is 3.71. The highest BCUT2D eigenvalue weighted by Gasteiger charge is 2.18. The van der Waals surface area contributed by atoms with Crippen LogP contribution in [-0.4, -0.2) is 11.5 Å². The molecule has 0 fully saturated rings. The topological polar surface area (TPSA) is 29.3 Å². The maximum atomic E-state index is 5.68. The number of thiocarbonyl (C=S) groups is 1. The molecule has 5 heteroatoms. The lowest BCUT2D eigenvalue weighted by Gasteiger charge is -2.29. The Bertz CT molecular complexity index is 636. The fourth-order valence-corrected chi connectivity index (χ4v) is 4.15. The van der Waals surface area contributed by atoms with Crippen molar-refractivity contribution in [3.8, 4) is 0 Å². The minimum Gasteiger partial charge on any atom is -0.389 e. The van der Waals surface area contributed by atoms with E-state index >= 15 is 0 Å². The molecular weight excluding hydrogens is 340 g/mol. The fraction of sp³-hybridized carbons (Fsp3) is 0.214. The Morgan fingerprint density at radius 2 is 2.21 bits per heavy atom. The second-order valence-corrected chi connectivity index (χ2v) is 6.86. The second-order valence-electron chi connectivity index (χ2n) is 4.57. The first-order valence-corrected chi connectivity index (χ1v) is 8.13. The van der Waals surface area contributed by atoms with Crippen molar-refractivity contribution in [2.24, 2.45) is 5.73 Å². The van der Waals surface area contributed by atoms with Crippen molar-refractivity contribution in [2.45, 2.75) is 13.0 Å². The first kappa shape index (κ1) is 13.1. The minimum atomic E-state index is 0.428. The third-order valence-corrected chi connectivity index (χ3v) is 5.29. The van der Waals surface area contributed by atoms with Crippen LogP contribution >= 0.6 is 39.5 Å². The lowest BCUT2D eigenvalue weighted by atomic mass is 10.1. The molecule has 98 valence electrons. The second kappa shape index (κ2) is 5.23. The summed E-state index contributed by atoms with van der Waals surface area (Å²) < 4.78 is 0.966. The third kappa shape index (κ3) is 2.55. The monoisotopic (exact) mass is 352 g/mol. The van der Waals surface area contributed by atoms with Crippen LogP contribution in [0.3, 0.4) is 0 Å². The number of benzene rings is 1. The maximum absolute atomic E-state index is 5.68. The summed E-state index contributed by atoms with van der Waals surface area (Å²) in [5.74, 6) is 0. The van der Waals surface area contributed by atoms with Gasteiger partial charge in [-0.15, -0.1) is 11.3 Å². The number of nitrogens with zero attached hydrogens (tertiary/aromatic N) is 1. The van der Waals surface area contributed by atoms with Crippen molar-refractivity contribution < 1.29 is 0 Å². The maximum Gasteiger partial charge on any atom is 0.105 e. The van der Waals surface area contributed by atoms with Crippen LogP contribution in [0.4, 0.5) is 5.69 Å². The lowest BCUT2D eigenvalue weighted by Crippen LogP contribution is -2.29. The smallest absolute Gasteiger partial charge is 0.105 e. The molecule has 0 atom stereocenters. The number of rotatable bonds is 2. The Hall–Kier alpha value is -0.910. The molecule has 0 bridgehead atoms. The molecular formula is C14H13BrN2S2. The molecule has 0 amide bonds. The van der Waals surface area contributed by atoms with E-state index in [2.05, 4.69) is 44.4 Å². The van der Waals surface area contributed by atoms with Crippen LogP contribution < -0.4 is 10.6 Å². The van der Waals surface area contributed by atoms with E-state index < -0.39 is 0 Å². The molecule has 0 unspecified atom stereocenters. The fourth-order valence-electron chi connectivity index (χ4n) is 2.37. The van der Waals surface area contributed by atoms with E-state index in [1.165, 1.54) is 16.1 Å². The van der Waals surface area contributed by atoms with Gasteiger partial charge in [0.05, 0.1) is 0 Å². The molecule has 3 rings (SSSR count). The van der Waals surface area contributed by atoms with Crippen LogP contribution in [0.15, 0.2) is 34.1 Å². The first-order chi connectivity index (χ1) is 9.15. The highest BCUT2D eigenvalue weighted by atomic mass is 79.9. The van der Waals surface area contributed by atoms with E-state index in [0.29, 0.717) is 4.99 Å². The average molecular weight is 353 g/mol. The van der Waals surface area contributed by atoms with E-state index in [1.54, 1.807) is 0 Å². The van der Waals surface area contributed by atoms with Gasteiger partial charge in [0, 0.05) is 33.7 Å². The summed E-state index contributed by atoms with van der Waals surface area (Å²) in [6.45, 7) is 2.05. The Morgan fingerprint density at radius 3 is 2.95 bits per heavy atom. The summed E-state index contributed by atoms with van der Waals surface area (Å²) in [6.07, 6.45) is 1.13. The molecule has 0 spiro atoms. The summed E-state index contributed by atoms with van der Waals surface area (Å²) in [5.41, 5.74) is 9.24. The van der Waals surface area contributed by atoms with Gasteiger partial charge in [-0.25, -0.2) is 0 Å². The van der Waals surface area contributed by atoms with Crippen molar-refractivity contribution in [1.29, 1.82) is 0 Å². The van der Waals surface area contributed by atoms with E-state index in [-0.39, 0.29) is 0 Å². The molecule has 0 aliphatic carbocycles. The number of nitrogens with two attached hydrogens (primary N) is 1. The minimum absolute atomic E-state index is 0.428. The van der Waals surface area contributed by atoms with Gasteiger partial charge in [0.1, 0.15) is 4.99 Å². The number of hydrogen-bond acceptors (Lipinski definition) is 3. The highest BCUT2D eigenvalue weighted by Crippen LogP contribution is 2.30. The Kier molecular flexibility index (Phi) is 3.60. The molecule has 19 heavy (non-hydrogen) atoms. The summed E-state index contributed by atoms with van der Waals surface area (Å²) in [6, 6.07) is 8.41. The Balaban J connectivity index is 1.88. The molecule has 1 aliphatic rings. The van der Waals surface area contributed by atoms with Crippen LogP contribution in [0, 0.1) is 0 Å². The van der Waals surface area contributed by atoms with Crippen molar-refractivity contribution in [2.75, 3.05) is 11.4 Å². The van der Waals surface area contributed by atoms with Gasteiger partial charge < -0.3 is 10.6 Å². The molecule has 1 aliphatic heterocycles. The highest BCUT2D eigenvalue weighted by molar-refractivity contribution is 9.10. The number of halogens is 1. The van der Waals surface area contributed by atoms with Gasteiger partial charge in [-0.2, -0.15) is 0 Å². The number of hydrogen-bond donors (Lipinski definition) is 1. The van der Waals surface area contributed by atoms with Crippen molar-refractivity contribution >= 4 is 50.2 Å². The van der Waals surface area contributed by atoms with Gasteiger partial charge >= 0.3 is 0 Å². The summed E-state index contributed by atoms with van der Waals surface area (Å²) in [7, 11) is 0. The van der Waals surface area contributed by atoms with Gasteiger partial charge in [-0.1, -0.05) is 12.2 Å². The SMILES string of the molecule is NC(=S)c1ccc(N2CCc3sccc3C2)cc1Br. The van der Waals surface area contributed by atoms with Gasteiger partial charge in [-0.05, 0) is 57.6 Å². The molecule has 1 aromatic heterocycles. The average Bonchev–Trinajstić information content (AvgIpc) is 2.85. The standard InChI is InChI=1S/C14H13BrN2S2/c15-12-7-10(1-2-11(12)14(16)18)17-5-3-13-9(8-17)4-6-19-13/h1-2,4,6-7H,3,5,8H2,(H2,16,18). The zero-order valence-corrected chi connectivity index (χ0v) is 13.4. The molecule has 0 radical (unpaired) electrons. The zero-order chi connectivity index (χ0) is 13.4. The molecule has 2 heterocycles. The normalized spacial score (nSPS) is 14.3. The molecule has 0 saturated carbocycles. The van der Waals surface area contributed by atoms with Gasteiger partial charge in [0.25, 0.3) is 0 Å². The van der Waals surface area contributed by atoms with Crippen LogP contribution in [-0.2, 0) is 13.0 Å². The van der Waals surface area contributed by atoms with Crippen molar-refractivity contribution in [3.63, 3.8) is 0 Å². The van der Waals surface area contributed by atoms with E-state index in [1.807, 2.05) is 17.4 Å². The quantitative estimate of drug-likeness (QED) is 0.835. The molecule has 2 N–H and O–H groups in total. The van der Waals surface area contributed by atoms with Gasteiger partial charge in [0.15, 0.2) is 0 Å². The largest absolute Gasteiger partial charge is 0.389 e. The van der Waals surface area contributed by atoms with E-state index in [9.17, 15) is 0 Å². The Labute approximate surface area is 130 Å².